The van der Waals surface area contributed by atoms with Crippen LogP contribution in [0, 0.1) is 0 Å². The third-order valence-electron chi connectivity index (χ3n) is 3.17. The summed E-state index contributed by atoms with van der Waals surface area (Å²) in [5, 5.41) is 9.53. The molecule has 0 spiro atoms. The van der Waals surface area contributed by atoms with Crippen molar-refractivity contribution in [2.75, 3.05) is 0 Å². The van der Waals surface area contributed by atoms with Gasteiger partial charge in [-0.15, -0.1) is 5.10 Å². The minimum Gasteiger partial charge on any atom is -0.264 e. The highest BCUT2D eigenvalue weighted by molar-refractivity contribution is 6.35. The molecular formula is C15H12ClN3. The fourth-order valence-electron chi connectivity index (χ4n) is 2.20. The molecule has 0 bridgehead atoms. The Morgan fingerprint density at radius 3 is 2.89 bits per heavy atom. The molecule has 0 radical (unpaired) electrons. The number of halogens is 1. The van der Waals surface area contributed by atoms with Crippen LogP contribution in [-0.4, -0.2) is 15.2 Å². The van der Waals surface area contributed by atoms with Gasteiger partial charge in [-0.05, 0) is 41.8 Å². The lowest BCUT2D eigenvalue weighted by atomic mass is 9.99. The van der Waals surface area contributed by atoms with Crippen LogP contribution in [0.2, 0.25) is 5.02 Å². The van der Waals surface area contributed by atoms with E-state index in [0.717, 1.165) is 28.5 Å². The third-order valence-corrected chi connectivity index (χ3v) is 3.46. The predicted molar refractivity (Wildman–Crippen MR) is 77.2 cm³/mol. The van der Waals surface area contributed by atoms with E-state index in [0.29, 0.717) is 5.02 Å². The van der Waals surface area contributed by atoms with Crippen LogP contribution in [0.3, 0.4) is 0 Å². The summed E-state index contributed by atoms with van der Waals surface area (Å²) in [6.45, 7) is 2.13. The zero-order valence-corrected chi connectivity index (χ0v) is 11.2. The van der Waals surface area contributed by atoms with Crippen LogP contribution in [0.4, 0.5) is 0 Å². The minimum atomic E-state index is 0.617. The van der Waals surface area contributed by atoms with E-state index in [1.807, 2.05) is 30.6 Å². The summed E-state index contributed by atoms with van der Waals surface area (Å²) in [6.07, 6.45) is 6.33. The quantitative estimate of drug-likeness (QED) is 0.708. The Morgan fingerprint density at radius 1 is 1.16 bits per heavy atom. The van der Waals surface area contributed by atoms with Crippen LogP contribution < -0.4 is 0 Å². The molecule has 0 saturated carbocycles. The lowest BCUT2D eigenvalue weighted by Crippen LogP contribution is -1.91. The molecule has 0 fully saturated rings. The van der Waals surface area contributed by atoms with Crippen LogP contribution in [0.25, 0.3) is 22.0 Å². The van der Waals surface area contributed by atoms with E-state index in [-0.39, 0.29) is 0 Å². The first-order chi connectivity index (χ1) is 9.29. The van der Waals surface area contributed by atoms with Gasteiger partial charge in [-0.2, -0.15) is 5.10 Å². The number of pyridine rings is 1. The van der Waals surface area contributed by atoms with E-state index in [9.17, 15) is 0 Å². The monoisotopic (exact) mass is 269 g/mol. The zero-order valence-electron chi connectivity index (χ0n) is 10.5. The summed E-state index contributed by atoms with van der Waals surface area (Å²) in [6, 6.07) is 7.96. The summed E-state index contributed by atoms with van der Waals surface area (Å²) in [7, 11) is 0. The Bertz CT molecular complexity index is 740. The summed E-state index contributed by atoms with van der Waals surface area (Å²) in [5.41, 5.74) is 4.17. The average molecular weight is 270 g/mol. The van der Waals surface area contributed by atoms with Crippen LogP contribution in [0.1, 0.15) is 12.5 Å². The molecule has 3 rings (SSSR count). The molecule has 0 aliphatic carbocycles. The van der Waals surface area contributed by atoms with Crippen molar-refractivity contribution >= 4 is 22.5 Å². The van der Waals surface area contributed by atoms with Crippen molar-refractivity contribution in [2.45, 2.75) is 13.3 Å². The summed E-state index contributed by atoms with van der Waals surface area (Å²) in [4.78, 5) is 4.21. The van der Waals surface area contributed by atoms with Crippen molar-refractivity contribution in [1.82, 2.24) is 15.2 Å². The number of benzene rings is 1. The van der Waals surface area contributed by atoms with Gasteiger partial charge in [0.2, 0.25) is 0 Å². The zero-order chi connectivity index (χ0) is 13.2. The van der Waals surface area contributed by atoms with E-state index >= 15 is 0 Å². The first-order valence-corrected chi connectivity index (χ1v) is 6.51. The molecule has 19 heavy (non-hydrogen) atoms. The predicted octanol–water partition coefficient (Wildman–Crippen LogP) is 3.91. The standard InChI is InChI=1S/C15H12ClN3/c1-2-10-3-5-17-9-13(10)12-7-11-4-6-18-19-15(11)14(16)8-12/h3-9H,2H2,1H3. The summed E-state index contributed by atoms with van der Waals surface area (Å²) < 4.78 is 0. The van der Waals surface area contributed by atoms with Gasteiger partial charge in [0.1, 0.15) is 5.52 Å². The van der Waals surface area contributed by atoms with Crippen molar-refractivity contribution < 1.29 is 0 Å². The van der Waals surface area contributed by atoms with Gasteiger partial charge in [0.05, 0.1) is 11.2 Å². The SMILES string of the molecule is CCc1ccncc1-c1cc(Cl)c2nnccc2c1. The maximum atomic E-state index is 6.28. The van der Waals surface area contributed by atoms with E-state index in [1.165, 1.54) is 5.56 Å². The number of hydrogen-bond acceptors (Lipinski definition) is 3. The highest BCUT2D eigenvalue weighted by Crippen LogP contribution is 2.30. The lowest BCUT2D eigenvalue weighted by molar-refractivity contribution is 1.08. The van der Waals surface area contributed by atoms with Gasteiger partial charge in [-0.25, -0.2) is 0 Å². The van der Waals surface area contributed by atoms with Crippen molar-refractivity contribution in [3.05, 3.63) is 53.4 Å². The molecule has 3 aromatic rings. The Kier molecular flexibility index (Phi) is 3.13. The third kappa shape index (κ3) is 2.17. The first-order valence-electron chi connectivity index (χ1n) is 6.14. The number of hydrogen-bond donors (Lipinski definition) is 0. The highest BCUT2D eigenvalue weighted by atomic mass is 35.5. The molecule has 2 heterocycles. The Balaban J connectivity index is 2.26. The second kappa shape index (κ2) is 4.94. The highest BCUT2D eigenvalue weighted by Gasteiger charge is 2.08. The maximum absolute atomic E-state index is 6.28. The molecule has 1 aromatic carbocycles. The molecule has 0 aliphatic heterocycles. The van der Waals surface area contributed by atoms with Crippen molar-refractivity contribution in [2.24, 2.45) is 0 Å². The lowest BCUT2D eigenvalue weighted by Gasteiger charge is -2.09. The van der Waals surface area contributed by atoms with Crippen LogP contribution in [0.15, 0.2) is 42.9 Å². The number of aromatic nitrogens is 3. The number of rotatable bonds is 2. The van der Waals surface area contributed by atoms with Crippen molar-refractivity contribution in [1.29, 1.82) is 0 Å². The normalized spacial score (nSPS) is 10.8. The van der Waals surface area contributed by atoms with Gasteiger partial charge in [-0.1, -0.05) is 18.5 Å². The largest absolute Gasteiger partial charge is 0.264 e. The Hall–Kier alpha value is -2.00. The number of fused-ring (bicyclic) bond motifs is 1. The summed E-state index contributed by atoms with van der Waals surface area (Å²) >= 11 is 6.28. The molecule has 2 aromatic heterocycles. The molecule has 94 valence electrons. The number of aryl methyl sites for hydroxylation is 1. The molecule has 0 aliphatic rings. The minimum absolute atomic E-state index is 0.617. The smallest absolute Gasteiger partial charge is 0.112 e. The molecule has 0 amide bonds. The fourth-order valence-corrected chi connectivity index (χ4v) is 2.47. The van der Waals surface area contributed by atoms with E-state index in [1.54, 1.807) is 6.20 Å². The fraction of sp³-hybridized carbons (Fsp3) is 0.133. The van der Waals surface area contributed by atoms with Crippen LogP contribution in [-0.2, 0) is 6.42 Å². The Morgan fingerprint density at radius 2 is 2.05 bits per heavy atom. The second-order valence-electron chi connectivity index (χ2n) is 4.31. The maximum Gasteiger partial charge on any atom is 0.112 e. The van der Waals surface area contributed by atoms with Gasteiger partial charge in [-0.3, -0.25) is 4.98 Å². The van der Waals surface area contributed by atoms with E-state index in [2.05, 4.69) is 28.2 Å². The van der Waals surface area contributed by atoms with Gasteiger partial charge in [0, 0.05) is 23.3 Å². The van der Waals surface area contributed by atoms with Gasteiger partial charge in [0.15, 0.2) is 0 Å². The first kappa shape index (κ1) is 12.1. The topological polar surface area (TPSA) is 38.7 Å². The molecular weight excluding hydrogens is 258 g/mol. The van der Waals surface area contributed by atoms with E-state index < -0.39 is 0 Å². The van der Waals surface area contributed by atoms with Crippen molar-refractivity contribution in [3.8, 4) is 11.1 Å². The summed E-state index contributed by atoms with van der Waals surface area (Å²) in [5.74, 6) is 0. The molecule has 0 saturated heterocycles. The van der Waals surface area contributed by atoms with E-state index in [4.69, 9.17) is 11.6 Å². The molecule has 0 atom stereocenters. The Labute approximate surface area is 116 Å². The molecule has 4 heteroatoms. The molecule has 0 unspecified atom stereocenters. The van der Waals surface area contributed by atoms with Gasteiger partial charge >= 0.3 is 0 Å². The van der Waals surface area contributed by atoms with Crippen LogP contribution in [0.5, 0.6) is 0 Å². The van der Waals surface area contributed by atoms with Gasteiger partial charge < -0.3 is 0 Å². The van der Waals surface area contributed by atoms with Gasteiger partial charge in [0.25, 0.3) is 0 Å². The number of nitrogens with zero attached hydrogens (tertiary/aromatic N) is 3. The molecule has 0 N–H and O–H groups in total. The molecule has 3 nitrogen and oxygen atoms in total. The second-order valence-corrected chi connectivity index (χ2v) is 4.72. The average Bonchev–Trinajstić information content (AvgIpc) is 2.47. The van der Waals surface area contributed by atoms with Crippen molar-refractivity contribution in [3.63, 3.8) is 0 Å². The van der Waals surface area contributed by atoms with Crippen LogP contribution >= 0.6 is 11.6 Å².